The SMILES string of the molecule is Cc1noc(C)c1S(=O)(=O)NCC(=O)N1CCN(c2ccc(F)cc2)CC1. The van der Waals surface area contributed by atoms with E-state index in [4.69, 9.17) is 4.52 Å². The van der Waals surface area contributed by atoms with Gasteiger partial charge in [0.05, 0.1) is 6.54 Å². The quantitative estimate of drug-likeness (QED) is 0.812. The molecule has 0 spiro atoms. The summed E-state index contributed by atoms with van der Waals surface area (Å²) in [5.41, 5.74) is 1.14. The van der Waals surface area contributed by atoms with Gasteiger partial charge in [-0.15, -0.1) is 0 Å². The van der Waals surface area contributed by atoms with Gasteiger partial charge in [-0.05, 0) is 38.1 Å². The third-order valence-electron chi connectivity index (χ3n) is 4.47. The Morgan fingerprint density at radius 2 is 1.81 bits per heavy atom. The summed E-state index contributed by atoms with van der Waals surface area (Å²) >= 11 is 0. The molecule has 1 amide bonds. The van der Waals surface area contributed by atoms with Gasteiger partial charge in [-0.1, -0.05) is 5.16 Å². The first-order valence-electron chi connectivity index (χ1n) is 8.49. The lowest BCUT2D eigenvalue weighted by molar-refractivity contribution is -0.130. The van der Waals surface area contributed by atoms with Crippen LogP contribution in [0.1, 0.15) is 11.5 Å². The molecule has 8 nitrogen and oxygen atoms in total. The molecule has 0 radical (unpaired) electrons. The number of nitrogens with one attached hydrogen (secondary N) is 1. The Morgan fingerprint density at radius 1 is 1.19 bits per heavy atom. The van der Waals surface area contributed by atoms with Crippen molar-refractivity contribution in [2.45, 2.75) is 18.7 Å². The maximum Gasteiger partial charge on any atom is 0.246 e. The van der Waals surface area contributed by atoms with Crippen molar-refractivity contribution in [2.24, 2.45) is 0 Å². The van der Waals surface area contributed by atoms with E-state index in [0.717, 1.165) is 5.69 Å². The highest BCUT2D eigenvalue weighted by Crippen LogP contribution is 2.19. The first-order chi connectivity index (χ1) is 12.8. The second-order valence-corrected chi connectivity index (χ2v) is 8.03. The highest BCUT2D eigenvalue weighted by molar-refractivity contribution is 7.89. The van der Waals surface area contributed by atoms with E-state index in [9.17, 15) is 17.6 Å². The maximum absolute atomic E-state index is 13.0. The van der Waals surface area contributed by atoms with Crippen LogP contribution in [0.5, 0.6) is 0 Å². The highest BCUT2D eigenvalue weighted by Gasteiger charge is 2.27. The normalized spacial score (nSPS) is 15.2. The molecule has 0 unspecified atom stereocenters. The molecule has 1 saturated heterocycles. The van der Waals surface area contributed by atoms with Gasteiger partial charge in [0, 0.05) is 31.9 Å². The Hall–Kier alpha value is -2.46. The summed E-state index contributed by atoms with van der Waals surface area (Å²) in [6, 6.07) is 6.20. The summed E-state index contributed by atoms with van der Waals surface area (Å²) < 4.78 is 44.9. The molecule has 146 valence electrons. The van der Waals surface area contributed by atoms with E-state index < -0.39 is 10.0 Å². The fourth-order valence-corrected chi connectivity index (χ4v) is 4.36. The number of piperazine rings is 1. The fourth-order valence-electron chi connectivity index (χ4n) is 3.06. The van der Waals surface area contributed by atoms with Crippen LogP contribution in [0.25, 0.3) is 0 Å². The minimum absolute atomic E-state index is 0.0311. The van der Waals surface area contributed by atoms with Crippen molar-refractivity contribution in [3.63, 3.8) is 0 Å². The first-order valence-corrected chi connectivity index (χ1v) is 9.97. The molecule has 0 atom stereocenters. The van der Waals surface area contributed by atoms with Gasteiger partial charge in [-0.2, -0.15) is 0 Å². The Bertz CT molecular complexity index is 899. The lowest BCUT2D eigenvalue weighted by atomic mass is 10.2. The van der Waals surface area contributed by atoms with Crippen LogP contribution in [0, 0.1) is 19.7 Å². The monoisotopic (exact) mass is 396 g/mol. The predicted octanol–water partition coefficient (Wildman–Crippen LogP) is 1.06. The number of amides is 1. The molecule has 27 heavy (non-hydrogen) atoms. The third-order valence-corrected chi connectivity index (χ3v) is 6.12. The molecule has 0 aliphatic carbocycles. The molecule has 0 bridgehead atoms. The summed E-state index contributed by atoms with van der Waals surface area (Å²) in [4.78, 5) is 16.0. The van der Waals surface area contributed by atoms with Gasteiger partial charge in [-0.25, -0.2) is 17.5 Å². The number of carbonyl (C=O) groups is 1. The van der Waals surface area contributed by atoms with Crippen molar-refractivity contribution < 1.29 is 22.1 Å². The molecule has 1 N–H and O–H groups in total. The van der Waals surface area contributed by atoms with Gasteiger partial charge < -0.3 is 14.3 Å². The van der Waals surface area contributed by atoms with Gasteiger partial charge in [0.25, 0.3) is 0 Å². The molecule has 2 aromatic rings. The van der Waals surface area contributed by atoms with Crippen molar-refractivity contribution in [3.05, 3.63) is 41.5 Å². The second kappa shape index (κ2) is 7.65. The summed E-state index contributed by atoms with van der Waals surface area (Å²) in [6.45, 7) is 4.81. The van der Waals surface area contributed by atoms with Crippen molar-refractivity contribution in [2.75, 3.05) is 37.6 Å². The van der Waals surface area contributed by atoms with Crippen molar-refractivity contribution in [1.29, 1.82) is 0 Å². The molecule has 3 rings (SSSR count). The molecule has 0 saturated carbocycles. The number of carbonyl (C=O) groups excluding carboxylic acids is 1. The Balaban J connectivity index is 1.55. The standard InChI is InChI=1S/C17H21FN4O4S/c1-12-17(13(2)26-20-12)27(24,25)19-11-16(23)22-9-7-21(8-10-22)15-5-3-14(18)4-6-15/h3-6,19H,7-11H2,1-2H3. The summed E-state index contributed by atoms with van der Waals surface area (Å²) in [5, 5.41) is 3.62. The van der Waals surface area contributed by atoms with Crippen LogP contribution in [0.15, 0.2) is 33.7 Å². The molecule has 2 heterocycles. The number of sulfonamides is 1. The predicted molar refractivity (Wildman–Crippen MR) is 96.4 cm³/mol. The fraction of sp³-hybridized carbons (Fsp3) is 0.412. The topological polar surface area (TPSA) is 95.8 Å². The number of nitrogens with zero attached hydrogens (tertiary/aromatic N) is 3. The van der Waals surface area contributed by atoms with Gasteiger partial charge in [0.2, 0.25) is 15.9 Å². The number of benzene rings is 1. The zero-order valence-corrected chi connectivity index (χ0v) is 15.9. The molecular formula is C17H21FN4O4S. The van der Waals surface area contributed by atoms with Crippen LogP contribution in [0.2, 0.25) is 0 Å². The smallest absolute Gasteiger partial charge is 0.246 e. The van der Waals surface area contributed by atoms with Gasteiger partial charge >= 0.3 is 0 Å². The number of aromatic nitrogens is 1. The number of rotatable bonds is 5. The maximum atomic E-state index is 13.0. The zero-order chi connectivity index (χ0) is 19.6. The van der Waals surface area contributed by atoms with Crippen LogP contribution < -0.4 is 9.62 Å². The number of hydrogen-bond acceptors (Lipinski definition) is 6. The van der Waals surface area contributed by atoms with E-state index in [1.54, 1.807) is 17.0 Å². The lowest BCUT2D eigenvalue weighted by Crippen LogP contribution is -2.51. The Morgan fingerprint density at radius 3 is 2.37 bits per heavy atom. The van der Waals surface area contributed by atoms with E-state index in [1.807, 2.05) is 0 Å². The molecule has 1 aromatic carbocycles. The largest absolute Gasteiger partial charge is 0.368 e. The first kappa shape index (κ1) is 19.3. The number of aryl methyl sites for hydroxylation is 2. The van der Waals surface area contributed by atoms with Gasteiger partial charge in [-0.3, -0.25) is 4.79 Å². The van der Waals surface area contributed by atoms with Crippen LogP contribution >= 0.6 is 0 Å². The molecule has 1 fully saturated rings. The van der Waals surface area contributed by atoms with E-state index in [1.165, 1.54) is 26.0 Å². The van der Waals surface area contributed by atoms with Gasteiger partial charge in [0.15, 0.2) is 5.76 Å². The summed E-state index contributed by atoms with van der Waals surface area (Å²) in [5.74, 6) is -0.414. The Kier molecular flexibility index (Phi) is 5.47. The van der Waals surface area contributed by atoms with E-state index in [2.05, 4.69) is 14.8 Å². The second-order valence-electron chi connectivity index (χ2n) is 6.32. The molecule has 10 heteroatoms. The molecule has 1 aliphatic rings. The van der Waals surface area contributed by atoms with E-state index in [0.29, 0.717) is 26.2 Å². The van der Waals surface area contributed by atoms with Crippen molar-refractivity contribution in [1.82, 2.24) is 14.8 Å². The number of anilines is 1. The van der Waals surface area contributed by atoms with Crippen LogP contribution in [0.4, 0.5) is 10.1 Å². The minimum Gasteiger partial charge on any atom is -0.368 e. The van der Waals surface area contributed by atoms with E-state index in [-0.39, 0.29) is 34.6 Å². The average Bonchev–Trinajstić information content (AvgIpc) is 3.00. The summed E-state index contributed by atoms with van der Waals surface area (Å²) in [7, 11) is -3.87. The highest BCUT2D eigenvalue weighted by atomic mass is 32.2. The van der Waals surface area contributed by atoms with Crippen LogP contribution in [-0.2, 0) is 14.8 Å². The van der Waals surface area contributed by atoms with Crippen molar-refractivity contribution >= 4 is 21.6 Å². The number of halogens is 1. The van der Waals surface area contributed by atoms with Crippen LogP contribution in [0.3, 0.4) is 0 Å². The Labute approximate surface area is 157 Å². The summed E-state index contributed by atoms with van der Waals surface area (Å²) in [6.07, 6.45) is 0. The lowest BCUT2D eigenvalue weighted by Gasteiger charge is -2.36. The van der Waals surface area contributed by atoms with E-state index >= 15 is 0 Å². The van der Waals surface area contributed by atoms with Gasteiger partial charge in [0.1, 0.15) is 16.4 Å². The average molecular weight is 396 g/mol. The molecular weight excluding hydrogens is 375 g/mol. The van der Waals surface area contributed by atoms with Crippen LogP contribution in [-0.4, -0.2) is 57.1 Å². The molecule has 1 aliphatic heterocycles. The van der Waals surface area contributed by atoms with Crippen molar-refractivity contribution in [3.8, 4) is 0 Å². The zero-order valence-electron chi connectivity index (χ0n) is 15.1. The minimum atomic E-state index is -3.87. The molecule has 1 aromatic heterocycles. The number of hydrogen-bond donors (Lipinski definition) is 1. The third kappa shape index (κ3) is 4.28.